The lowest BCUT2D eigenvalue weighted by molar-refractivity contribution is -0.266. The van der Waals surface area contributed by atoms with Gasteiger partial charge in [0.1, 0.15) is 17.8 Å². The molecule has 2 N–H and O–H groups in total. The summed E-state index contributed by atoms with van der Waals surface area (Å²) in [6.45, 7) is 10.2. The summed E-state index contributed by atoms with van der Waals surface area (Å²) in [6.07, 6.45) is -1.03. The maximum atomic E-state index is 13.9. The number of carbonyl (C=O) groups is 4. The van der Waals surface area contributed by atoms with Crippen LogP contribution < -0.4 is 5.32 Å². The van der Waals surface area contributed by atoms with Gasteiger partial charge in [-0.1, -0.05) is 70.2 Å². The molecule has 2 heterocycles. The Bertz CT molecular complexity index is 1320. The summed E-state index contributed by atoms with van der Waals surface area (Å²) in [5, 5.41) is 13.6. The predicted octanol–water partition coefficient (Wildman–Crippen LogP) is 3.89. The van der Waals surface area contributed by atoms with Gasteiger partial charge in [-0.3, -0.25) is 19.2 Å². The van der Waals surface area contributed by atoms with Crippen molar-refractivity contribution in [1.82, 2.24) is 20.2 Å². The molecule has 0 spiro atoms. The summed E-state index contributed by atoms with van der Waals surface area (Å²) in [5.74, 6) is -0.369. The Kier molecular flexibility index (Phi) is 11.4. The number of ether oxygens (including phenoxy) is 1. The van der Waals surface area contributed by atoms with Gasteiger partial charge in [0.05, 0.1) is 13.2 Å². The summed E-state index contributed by atoms with van der Waals surface area (Å²) in [6, 6.07) is 14.2. The molecule has 0 saturated carbocycles. The number of hydrogen-bond acceptors (Lipinski definition) is 7. The summed E-state index contributed by atoms with van der Waals surface area (Å²) in [5.41, 5.74) is 1.70. The molecule has 4 rings (SSSR count). The monoisotopic (exact) mass is 622 g/mol. The van der Waals surface area contributed by atoms with Crippen LogP contribution in [0.15, 0.2) is 54.6 Å². The third-order valence-electron chi connectivity index (χ3n) is 8.17. The molecule has 0 radical (unpaired) electrons. The second-order valence-corrected chi connectivity index (χ2v) is 12.7. The van der Waals surface area contributed by atoms with Crippen molar-refractivity contribution in [3.63, 3.8) is 0 Å². The first kappa shape index (κ1) is 33.8. The van der Waals surface area contributed by atoms with Crippen LogP contribution in [-0.2, 0) is 36.8 Å². The number of hydroxylamine groups is 2. The topological polar surface area (TPSA) is 129 Å². The van der Waals surface area contributed by atoms with E-state index in [1.807, 2.05) is 44.2 Å². The minimum Gasteiger partial charge on any atom is -0.508 e. The van der Waals surface area contributed by atoms with Crippen molar-refractivity contribution in [2.24, 2.45) is 11.8 Å². The largest absolute Gasteiger partial charge is 0.508 e. The van der Waals surface area contributed by atoms with Crippen LogP contribution in [0.25, 0.3) is 0 Å². The molecule has 0 aromatic heterocycles. The molecule has 0 bridgehead atoms. The van der Waals surface area contributed by atoms with Crippen LogP contribution in [0, 0.1) is 11.8 Å². The molecule has 2 aliphatic rings. The van der Waals surface area contributed by atoms with Crippen LogP contribution >= 0.6 is 0 Å². The first-order chi connectivity index (χ1) is 21.5. The van der Waals surface area contributed by atoms with Gasteiger partial charge in [-0.15, -0.1) is 0 Å². The van der Waals surface area contributed by atoms with E-state index in [0.29, 0.717) is 25.3 Å². The quantitative estimate of drug-likeness (QED) is 0.368. The minimum atomic E-state index is -1.05. The van der Waals surface area contributed by atoms with E-state index in [4.69, 9.17) is 9.57 Å². The van der Waals surface area contributed by atoms with E-state index in [1.165, 1.54) is 9.80 Å². The minimum absolute atomic E-state index is 0.0277. The molecule has 2 unspecified atom stereocenters. The molecular formula is C34H46N4O7. The molecule has 244 valence electrons. The van der Waals surface area contributed by atoms with Crippen LogP contribution in [0.3, 0.4) is 0 Å². The zero-order valence-electron chi connectivity index (χ0n) is 26.8. The second-order valence-electron chi connectivity index (χ2n) is 12.7. The van der Waals surface area contributed by atoms with Gasteiger partial charge < -0.3 is 25.0 Å². The third-order valence-corrected chi connectivity index (χ3v) is 8.17. The molecule has 11 nitrogen and oxygen atoms in total. The first-order valence-electron chi connectivity index (χ1n) is 15.8. The van der Waals surface area contributed by atoms with E-state index >= 15 is 0 Å². The number of phenols is 1. The molecule has 45 heavy (non-hydrogen) atoms. The van der Waals surface area contributed by atoms with Gasteiger partial charge in [0, 0.05) is 19.4 Å². The van der Waals surface area contributed by atoms with E-state index < -0.39 is 36.4 Å². The Balaban J connectivity index is 1.59. The van der Waals surface area contributed by atoms with Crippen molar-refractivity contribution in [3.05, 3.63) is 65.7 Å². The van der Waals surface area contributed by atoms with Gasteiger partial charge in [-0.25, -0.2) is 4.79 Å². The van der Waals surface area contributed by atoms with E-state index in [2.05, 4.69) is 19.2 Å². The second kappa shape index (κ2) is 15.2. The summed E-state index contributed by atoms with van der Waals surface area (Å²) in [4.78, 5) is 63.8. The number of amides is 4. The van der Waals surface area contributed by atoms with Crippen molar-refractivity contribution in [1.29, 1.82) is 0 Å². The van der Waals surface area contributed by atoms with E-state index in [-0.39, 0.29) is 43.1 Å². The van der Waals surface area contributed by atoms with E-state index in [9.17, 15) is 24.3 Å². The highest BCUT2D eigenvalue weighted by Gasteiger charge is 2.53. The Morgan fingerprint density at radius 2 is 1.67 bits per heavy atom. The summed E-state index contributed by atoms with van der Waals surface area (Å²) < 4.78 is 5.62. The number of piperazine rings is 1. The van der Waals surface area contributed by atoms with Gasteiger partial charge in [-0.05, 0) is 54.9 Å². The van der Waals surface area contributed by atoms with Crippen molar-refractivity contribution in [3.8, 4) is 5.75 Å². The zero-order chi connectivity index (χ0) is 32.7. The molecular weight excluding hydrogens is 576 g/mol. The first-order valence-corrected chi connectivity index (χ1v) is 15.8. The molecule has 2 aromatic rings. The smallest absolute Gasteiger partial charge is 0.436 e. The van der Waals surface area contributed by atoms with Crippen LogP contribution in [-0.4, -0.2) is 87.8 Å². The van der Waals surface area contributed by atoms with Gasteiger partial charge in [0.2, 0.25) is 11.8 Å². The highest BCUT2D eigenvalue weighted by molar-refractivity contribution is 5.94. The number of hydrogen-bond donors (Lipinski definition) is 2. The maximum Gasteiger partial charge on any atom is 0.436 e. The lowest BCUT2D eigenvalue weighted by Crippen LogP contribution is -2.74. The van der Waals surface area contributed by atoms with Gasteiger partial charge in [0.15, 0.2) is 12.3 Å². The van der Waals surface area contributed by atoms with Crippen LogP contribution in [0.5, 0.6) is 5.75 Å². The molecule has 2 fully saturated rings. The third kappa shape index (κ3) is 8.54. The van der Waals surface area contributed by atoms with Crippen molar-refractivity contribution in [2.45, 2.75) is 84.7 Å². The number of nitrogens with zero attached hydrogens (tertiary/aromatic N) is 3. The van der Waals surface area contributed by atoms with Crippen molar-refractivity contribution in [2.75, 3.05) is 19.7 Å². The fraction of sp³-hybridized carbons (Fsp3) is 0.529. The van der Waals surface area contributed by atoms with Gasteiger partial charge in [0.25, 0.3) is 5.91 Å². The fourth-order valence-corrected chi connectivity index (χ4v) is 5.72. The molecule has 0 aliphatic carbocycles. The number of rotatable bonds is 12. The highest BCUT2D eigenvalue weighted by atomic mass is 16.7. The number of fused-ring (bicyclic) bond motifs is 1. The van der Waals surface area contributed by atoms with Crippen LogP contribution in [0.2, 0.25) is 0 Å². The lowest BCUT2D eigenvalue weighted by Gasteiger charge is -2.53. The number of nitrogens with one attached hydrogen (secondary N) is 1. The van der Waals surface area contributed by atoms with Crippen molar-refractivity contribution >= 4 is 23.8 Å². The highest BCUT2D eigenvalue weighted by Crippen LogP contribution is 2.31. The average Bonchev–Trinajstić information content (AvgIpc) is 3.00. The van der Waals surface area contributed by atoms with Crippen LogP contribution in [0.1, 0.15) is 58.6 Å². The summed E-state index contributed by atoms with van der Waals surface area (Å²) >= 11 is 0. The molecule has 4 atom stereocenters. The standard InChI is InChI=1S/C34H46N4O7/c1-22(2)15-17-35-31(40)28(19-23(3)4)36-21-30-37(24(5)32(36)41)33(42)29(20-26-9-7-6-8-10-26)45-38(30)34(43)44-18-16-25-11-13-27(39)14-12-25/h6-14,22-24,28-30,39H,15-21H2,1-5H3,(H,35,40)/t24-,28?,29+,30?/m0/s1. The molecule has 2 aromatic carbocycles. The Hall–Kier alpha value is -4.12. The average molecular weight is 623 g/mol. The van der Waals surface area contributed by atoms with Gasteiger partial charge >= 0.3 is 6.09 Å². The number of phenolic OH excluding ortho intramolecular Hbond substituents is 1. The maximum absolute atomic E-state index is 13.9. The summed E-state index contributed by atoms with van der Waals surface area (Å²) in [7, 11) is 0. The predicted molar refractivity (Wildman–Crippen MR) is 168 cm³/mol. The Morgan fingerprint density at radius 1 is 0.978 bits per heavy atom. The number of benzene rings is 2. The normalized spacial score (nSPS) is 20.8. The zero-order valence-corrected chi connectivity index (χ0v) is 26.8. The van der Waals surface area contributed by atoms with Crippen LogP contribution in [0.4, 0.5) is 4.79 Å². The van der Waals surface area contributed by atoms with E-state index in [0.717, 1.165) is 22.6 Å². The Labute approximate surface area is 265 Å². The SMILES string of the molecule is CC(C)CCNC(=O)C(CC(C)C)N1CC2N(C(=O)OCCc3ccc(O)cc3)O[C@H](Cc3ccccc3)C(=O)N2[C@@H](C)C1=O. The molecule has 11 heteroatoms. The Morgan fingerprint density at radius 3 is 2.31 bits per heavy atom. The lowest BCUT2D eigenvalue weighted by atomic mass is 9.97. The number of carbonyl (C=O) groups excluding carboxylic acids is 4. The van der Waals surface area contributed by atoms with Crippen molar-refractivity contribution < 1.29 is 33.9 Å². The molecule has 2 saturated heterocycles. The molecule has 2 aliphatic heterocycles. The fourth-order valence-electron chi connectivity index (χ4n) is 5.72. The molecule has 4 amide bonds. The van der Waals surface area contributed by atoms with E-state index in [1.54, 1.807) is 31.2 Å². The number of aromatic hydroxyl groups is 1. The van der Waals surface area contributed by atoms with Gasteiger partial charge in [-0.2, -0.15) is 5.06 Å².